The third-order valence-electron chi connectivity index (χ3n) is 4.31. The number of hydrogen-bond acceptors (Lipinski definition) is 7. The molecular weight excluding hydrogens is 434 g/mol. The van der Waals surface area contributed by atoms with E-state index in [9.17, 15) is 9.59 Å². The summed E-state index contributed by atoms with van der Waals surface area (Å²) in [7, 11) is 1.53. The van der Waals surface area contributed by atoms with E-state index in [4.69, 9.17) is 20.8 Å². The van der Waals surface area contributed by atoms with Crippen molar-refractivity contribution in [2.75, 3.05) is 17.7 Å². The van der Waals surface area contributed by atoms with E-state index in [1.54, 1.807) is 48.5 Å². The predicted octanol–water partition coefficient (Wildman–Crippen LogP) is 4.73. The van der Waals surface area contributed by atoms with Gasteiger partial charge in [0, 0.05) is 38.0 Å². The van der Waals surface area contributed by atoms with Crippen molar-refractivity contribution in [3.8, 4) is 11.5 Å². The molecule has 0 atom stereocenters. The summed E-state index contributed by atoms with van der Waals surface area (Å²) in [5, 5.41) is 8.65. The van der Waals surface area contributed by atoms with E-state index in [0.717, 1.165) is 0 Å². The second-order valence-electron chi connectivity index (χ2n) is 6.71. The van der Waals surface area contributed by atoms with Gasteiger partial charge in [-0.3, -0.25) is 14.6 Å². The number of amides is 2. The molecule has 32 heavy (non-hydrogen) atoms. The Bertz CT molecular complexity index is 1320. The van der Waals surface area contributed by atoms with Crippen LogP contribution in [0.4, 0.5) is 17.4 Å². The monoisotopic (exact) mass is 451 g/mol. The van der Waals surface area contributed by atoms with Crippen molar-refractivity contribution in [1.29, 1.82) is 0 Å². The highest BCUT2D eigenvalue weighted by atomic mass is 35.5. The Morgan fingerprint density at radius 3 is 2.66 bits per heavy atom. The van der Waals surface area contributed by atoms with E-state index < -0.39 is 0 Å². The van der Waals surface area contributed by atoms with Crippen LogP contribution in [0.1, 0.15) is 17.4 Å². The summed E-state index contributed by atoms with van der Waals surface area (Å²) < 4.78 is 11.6. The molecule has 0 saturated carbocycles. The zero-order chi connectivity index (χ0) is 22.7. The van der Waals surface area contributed by atoms with Crippen LogP contribution in [0, 0.1) is 0 Å². The maximum Gasteiger partial charge on any atom is 0.300 e. The molecule has 0 spiro atoms. The van der Waals surface area contributed by atoms with Gasteiger partial charge in [0.2, 0.25) is 5.91 Å². The molecule has 0 fully saturated rings. The number of rotatable bonds is 6. The van der Waals surface area contributed by atoms with Crippen molar-refractivity contribution < 1.29 is 18.7 Å². The minimum absolute atomic E-state index is 0.227. The summed E-state index contributed by atoms with van der Waals surface area (Å²) in [6.45, 7) is 1.40. The number of fused-ring (bicyclic) bond motifs is 1. The molecule has 9 nitrogen and oxygen atoms in total. The standard InChI is InChI=1S/C22H18ClN5O4/c1-12(29)26-17-9-13(3-5-16(17)23)27-22-28-18-10-14(4-6-20(18)32-22)31-15-7-8-25-19(11-15)21(30)24-2/h3-11H,1-2H3,(H,24,30)(H,26,29)(H,27,28). The van der Waals surface area contributed by atoms with E-state index in [0.29, 0.717) is 39.0 Å². The second kappa shape index (κ2) is 8.94. The van der Waals surface area contributed by atoms with Gasteiger partial charge in [-0.05, 0) is 36.4 Å². The number of pyridine rings is 1. The van der Waals surface area contributed by atoms with Gasteiger partial charge in [0.15, 0.2) is 5.58 Å². The number of ether oxygens (including phenoxy) is 1. The number of benzene rings is 2. The first kappa shape index (κ1) is 21.1. The van der Waals surface area contributed by atoms with E-state index >= 15 is 0 Å². The van der Waals surface area contributed by atoms with Crippen LogP contribution in [0.3, 0.4) is 0 Å². The topological polar surface area (TPSA) is 118 Å². The number of carbonyl (C=O) groups is 2. The van der Waals surface area contributed by atoms with E-state index in [2.05, 4.69) is 25.9 Å². The number of oxazole rings is 1. The summed E-state index contributed by atoms with van der Waals surface area (Å²) in [6, 6.07) is 13.7. The molecule has 4 aromatic rings. The minimum Gasteiger partial charge on any atom is -0.457 e. The van der Waals surface area contributed by atoms with Crippen LogP contribution in [-0.2, 0) is 4.79 Å². The maximum absolute atomic E-state index is 11.8. The summed E-state index contributed by atoms with van der Waals surface area (Å²) in [5.41, 5.74) is 2.49. The lowest BCUT2D eigenvalue weighted by Crippen LogP contribution is -2.18. The SMILES string of the molecule is CNC(=O)c1cc(Oc2ccc3oc(Nc4ccc(Cl)c(NC(C)=O)c4)nc3c2)ccn1. The fourth-order valence-corrected chi connectivity index (χ4v) is 3.06. The van der Waals surface area contributed by atoms with Crippen molar-refractivity contribution in [3.63, 3.8) is 0 Å². The van der Waals surface area contributed by atoms with Crippen molar-refractivity contribution in [2.45, 2.75) is 6.92 Å². The van der Waals surface area contributed by atoms with Gasteiger partial charge in [-0.1, -0.05) is 11.6 Å². The lowest BCUT2D eigenvalue weighted by Gasteiger charge is -2.08. The first-order chi connectivity index (χ1) is 15.4. The second-order valence-corrected chi connectivity index (χ2v) is 7.11. The Hall–Kier alpha value is -4.11. The summed E-state index contributed by atoms with van der Waals surface area (Å²) in [5.74, 6) is 0.453. The van der Waals surface area contributed by atoms with E-state index in [1.807, 2.05) is 0 Å². The van der Waals surface area contributed by atoms with Gasteiger partial charge in [-0.15, -0.1) is 0 Å². The molecule has 0 aliphatic carbocycles. The van der Waals surface area contributed by atoms with Crippen molar-refractivity contribution >= 4 is 51.9 Å². The van der Waals surface area contributed by atoms with Crippen molar-refractivity contribution in [3.05, 3.63) is 65.4 Å². The van der Waals surface area contributed by atoms with Gasteiger partial charge in [-0.25, -0.2) is 0 Å². The van der Waals surface area contributed by atoms with Crippen LogP contribution >= 0.6 is 11.6 Å². The Labute approximate surface area is 187 Å². The molecule has 2 heterocycles. The third kappa shape index (κ3) is 4.79. The zero-order valence-electron chi connectivity index (χ0n) is 17.1. The fraction of sp³-hybridized carbons (Fsp3) is 0.0909. The quantitative estimate of drug-likeness (QED) is 0.387. The molecule has 10 heteroatoms. The summed E-state index contributed by atoms with van der Waals surface area (Å²) in [6.07, 6.45) is 1.50. The molecular formula is C22H18ClN5O4. The first-order valence-corrected chi connectivity index (χ1v) is 9.90. The average molecular weight is 452 g/mol. The number of hydrogen-bond donors (Lipinski definition) is 3. The highest BCUT2D eigenvalue weighted by molar-refractivity contribution is 6.33. The molecule has 0 saturated heterocycles. The van der Waals surface area contributed by atoms with Gasteiger partial charge in [0.25, 0.3) is 11.9 Å². The van der Waals surface area contributed by atoms with Crippen LogP contribution in [0.25, 0.3) is 11.1 Å². The predicted molar refractivity (Wildman–Crippen MR) is 121 cm³/mol. The molecule has 0 aliphatic rings. The average Bonchev–Trinajstić information content (AvgIpc) is 3.17. The number of anilines is 3. The third-order valence-corrected chi connectivity index (χ3v) is 4.64. The van der Waals surface area contributed by atoms with Crippen LogP contribution in [0.5, 0.6) is 11.5 Å². The molecule has 2 aromatic carbocycles. The summed E-state index contributed by atoms with van der Waals surface area (Å²) >= 11 is 6.11. The van der Waals surface area contributed by atoms with Crippen LogP contribution < -0.4 is 20.7 Å². The number of aromatic nitrogens is 2. The molecule has 0 unspecified atom stereocenters. The van der Waals surface area contributed by atoms with Crippen molar-refractivity contribution in [2.24, 2.45) is 0 Å². The molecule has 2 amide bonds. The van der Waals surface area contributed by atoms with E-state index in [1.165, 1.54) is 20.2 Å². The van der Waals surface area contributed by atoms with Crippen LogP contribution in [-0.4, -0.2) is 28.8 Å². The normalized spacial score (nSPS) is 10.6. The lowest BCUT2D eigenvalue weighted by atomic mass is 10.2. The van der Waals surface area contributed by atoms with Gasteiger partial charge < -0.3 is 25.1 Å². The molecule has 0 radical (unpaired) electrons. The lowest BCUT2D eigenvalue weighted by molar-refractivity contribution is -0.114. The smallest absolute Gasteiger partial charge is 0.300 e. The molecule has 4 rings (SSSR count). The Morgan fingerprint density at radius 2 is 1.88 bits per heavy atom. The number of nitrogens with zero attached hydrogens (tertiary/aromatic N) is 2. The highest BCUT2D eigenvalue weighted by Crippen LogP contribution is 2.30. The number of nitrogens with one attached hydrogen (secondary N) is 3. The van der Waals surface area contributed by atoms with Gasteiger partial charge in [0.05, 0.1) is 10.7 Å². The molecule has 2 aromatic heterocycles. The molecule has 162 valence electrons. The van der Waals surface area contributed by atoms with Crippen LogP contribution in [0.2, 0.25) is 5.02 Å². The molecule has 0 aliphatic heterocycles. The first-order valence-electron chi connectivity index (χ1n) is 9.52. The fourth-order valence-electron chi connectivity index (χ4n) is 2.90. The zero-order valence-corrected chi connectivity index (χ0v) is 17.9. The van der Waals surface area contributed by atoms with Gasteiger partial charge in [-0.2, -0.15) is 4.98 Å². The number of halogens is 1. The van der Waals surface area contributed by atoms with Gasteiger partial charge >= 0.3 is 0 Å². The van der Waals surface area contributed by atoms with Crippen molar-refractivity contribution in [1.82, 2.24) is 15.3 Å². The number of carbonyl (C=O) groups excluding carboxylic acids is 2. The molecule has 3 N–H and O–H groups in total. The minimum atomic E-state index is -0.304. The Kier molecular flexibility index (Phi) is 5.91. The van der Waals surface area contributed by atoms with Crippen LogP contribution in [0.15, 0.2) is 59.1 Å². The van der Waals surface area contributed by atoms with Gasteiger partial charge in [0.1, 0.15) is 22.7 Å². The largest absolute Gasteiger partial charge is 0.457 e. The highest BCUT2D eigenvalue weighted by Gasteiger charge is 2.11. The molecule has 0 bridgehead atoms. The summed E-state index contributed by atoms with van der Waals surface area (Å²) in [4.78, 5) is 31.5. The maximum atomic E-state index is 11.8. The van der Waals surface area contributed by atoms with E-state index in [-0.39, 0.29) is 23.5 Å². The Balaban J connectivity index is 1.54. The Morgan fingerprint density at radius 1 is 1.06 bits per heavy atom.